The molecule has 0 radical (unpaired) electrons. The predicted octanol–water partition coefficient (Wildman–Crippen LogP) is 2.83. The molecule has 2 aromatic rings. The molecule has 0 aliphatic carbocycles. The van der Waals surface area contributed by atoms with Crippen molar-refractivity contribution in [2.45, 2.75) is 4.90 Å². The van der Waals surface area contributed by atoms with E-state index in [1.54, 1.807) is 36.4 Å². The molecule has 0 unspecified atom stereocenters. The number of nitriles is 1. The first-order chi connectivity index (χ1) is 11.5. The summed E-state index contributed by atoms with van der Waals surface area (Å²) in [6.07, 6.45) is 0. The molecule has 124 valence electrons. The maximum atomic E-state index is 12.7. The van der Waals surface area contributed by atoms with Gasteiger partial charge in [-0.05, 0) is 48.5 Å². The molecule has 0 spiro atoms. The number of rotatable bonds is 3. The van der Waals surface area contributed by atoms with Crippen LogP contribution in [-0.2, 0) is 10.0 Å². The van der Waals surface area contributed by atoms with Crippen molar-refractivity contribution in [1.29, 1.82) is 5.26 Å². The molecule has 0 amide bonds. The van der Waals surface area contributed by atoms with Crippen molar-refractivity contribution in [1.82, 2.24) is 4.31 Å². The number of hydrogen-bond donors (Lipinski definition) is 0. The molecular formula is C17H16BrN3O2S. The lowest BCUT2D eigenvalue weighted by atomic mass is 10.2. The van der Waals surface area contributed by atoms with Crippen molar-refractivity contribution in [2.24, 2.45) is 0 Å². The zero-order valence-electron chi connectivity index (χ0n) is 12.9. The van der Waals surface area contributed by atoms with Gasteiger partial charge in [0.1, 0.15) is 0 Å². The largest absolute Gasteiger partial charge is 0.369 e. The fourth-order valence-electron chi connectivity index (χ4n) is 2.69. The monoisotopic (exact) mass is 405 g/mol. The first-order valence-corrected chi connectivity index (χ1v) is 9.75. The van der Waals surface area contributed by atoms with E-state index in [1.165, 1.54) is 4.31 Å². The van der Waals surface area contributed by atoms with Crippen LogP contribution in [0.3, 0.4) is 0 Å². The predicted molar refractivity (Wildman–Crippen MR) is 96.3 cm³/mol. The van der Waals surface area contributed by atoms with Crippen molar-refractivity contribution in [3.05, 3.63) is 58.6 Å². The molecule has 0 N–H and O–H groups in total. The normalized spacial score (nSPS) is 15.9. The Kier molecular flexibility index (Phi) is 4.90. The SMILES string of the molecule is N#Cc1ccc(N2CCN(S(=O)(=O)c3ccc(Br)cc3)CC2)cc1. The summed E-state index contributed by atoms with van der Waals surface area (Å²) in [6.45, 7) is 2.14. The quantitative estimate of drug-likeness (QED) is 0.787. The molecular weight excluding hydrogens is 390 g/mol. The van der Waals surface area contributed by atoms with Crippen molar-refractivity contribution in [3.8, 4) is 6.07 Å². The minimum absolute atomic E-state index is 0.317. The zero-order valence-corrected chi connectivity index (χ0v) is 15.3. The molecule has 0 atom stereocenters. The third-order valence-electron chi connectivity index (χ3n) is 4.05. The molecule has 5 nitrogen and oxygen atoms in total. The third-order valence-corrected chi connectivity index (χ3v) is 6.49. The summed E-state index contributed by atoms with van der Waals surface area (Å²) >= 11 is 3.32. The highest BCUT2D eigenvalue weighted by Gasteiger charge is 2.28. The summed E-state index contributed by atoms with van der Waals surface area (Å²) in [5, 5.41) is 8.85. The lowest BCUT2D eigenvalue weighted by Crippen LogP contribution is -2.48. The van der Waals surface area contributed by atoms with Gasteiger partial charge in [-0.2, -0.15) is 9.57 Å². The smallest absolute Gasteiger partial charge is 0.243 e. The Bertz CT molecular complexity index is 850. The van der Waals surface area contributed by atoms with Gasteiger partial charge in [0.2, 0.25) is 10.0 Å². The number of halogens is 1. The van der Waals surface area contributed by atoms with E-state index in [0.29, 0.717) is 36.6 Å². The second kappa shape index (κ2) is 6.93. The van der Waals surface area contributed by atoms with Crippen molar-refractivity contribution in [2.75, 3.05) is 31.1 Å². The molecule has 1 fully saturated rings. The molecule has 1 aliphatic heterocycles. The van der Waals surface area contributed by atoms with Crippen molar-refractivity contribution in [3.63, 3.8) is 0 Å². The molecule has 7 heteroatoms. The minimum atomic E-state index is -3.45. The summed E-state index contributed by atoms with van der Waals surface area (Å²) < 4.78 is 27.7. The Hall–Kier alpha value is -1.88. The van der Waals surface area contributed by atoms with E-state index in [-0.39, 0.29) is 0 Å². The van der Waals surface area contributed by atoms with E-state index >= 15 is 0 Å². The Morgan fingerprint density at radius 2 is 1.50 bits per heavy atom. The van der Waals surface area contributed by atoms with Crippen LogP contribution in [0, 0.1) is 11.3 Å². The van der Waals surface area contributed by atoms with Gasteiger partial charge in [0, 0.05) is 36.3 Å². The first kappa shape index (κ1) is 17.0. The Morgan fingerprint density at radius 1 is 0.917 bits per heavy atom. The number of anilines is 1. The molecule has 1 heterocycles. The number of sulfonamides is 1. The number of nitrogens with zero attached hydrogens (tertiary/aromatic N) is 3. The fourth-order valence-corrected chi connectivity index (χ4v) is 4.38. The van der Waals surface area contributed by atoms with Gasteiger partial charge in [0.05, 0.1) is 16.5 Å². The van der Waals surface area contributed by atoms with Crippen LogP contribution >= 0.6 is 15.9 Å². The van der Waals surface area contributed by atoms with Gasteiger partial charge in [-0.15, -0.1) is 0 Å². The van der Waals surface area contributed by atoms with E-state index in [2.05, 4.69) is 26.9 Å². The molecule has 0 saturated carbocycles. The van der Waals surface area contributed by atoms with E-state index in [0.717, 1.165) is 10.2 Å². The average Bonchev–Trinajstić information content (AvgIpc) is 2.62. The van der Waals surface area contributed by atoms with Crippen molar-refractivity contribution < 1.29 is 8.42 Å². The molecule has 0 aromatic heterocycles. The molecule has 3 rings (SSSR count). The summed E-state index contributed by atoms with van der Waals surface area (Å²) in [6, 6.07) is 16.2. The molecule has 1 saturated heterocycles. The summed E-state index contributed by atoms with van der Waals surface area (Å²) in [4.78, 5) is 2.45. The highest BCUT2D eigenvalue weighted by atomic mass is 79.9. The van der Waals surface area contributed by atoms with E-state index in [4.69, 9.17) is 5.26 Å². The van der Waals surface area contributed by atoms with Gasteiger partial charge in [0.15, 0.2) is 0 Å². The van der Waals surface area contributed by atoms with Crippen LogP contribution in [0.25, 0.3) is 0 Å². The first-order valence-electron chi connectivity index (χ1n) is 7.51. The van der Waals surface area contributed by atoms with Gasteiger partial charge in [-0.25, -0.2) is 8.42 Å². The molecule has 1 aliphatic rings. The van der Waals surface area contributed by atoms with Gasteiger partial charge < -0.3 is 4.90 Å². The van der Waals surface area contributed by atoms with Gasteiger partial charge in [0.25, 0.3) is 0 Å². The Morgan fingerprint density at radius 3 is 2.04 bits per heavy atom. The Labute approximate surface area is 150 Å². The van der Waals surface area contributed by atoms with Crippen LogP contribution in [0.2, 0.25) is 0 Å². The van der Waals surface area contributed by atoms with Gasteiger partial charge in [-0.1, -0.05) is 15.9 Å². The maximum absolute atomic E-state index is 12.7. The second-order valence-corrected chi connectivity index (χ2v) is 8.36. The minimum Gasteiger partial charge on any atom is -0.369 e. The summed E-state index contributed by atoms with van der Waals surface area (Å²) in [5.74, 6) is 0. The van der Waals surface area contributed by atoms with Gasteiger partial charge >= 0.3 is 0 Å². The zero-order chi connectivity index (χ0) is 17.2. The molecule has 0 bridgehead atoms. The number of benzene rings is 2. The van der Waals surface area contributed by atoms with Crippen LogP contribution in [-0.4, -0.2) is 38.9 Å². The number of hydrogen-bond acceptors (Lipinski definition) is 4. The van der Waals surface area contributed by atoms with Crippen LogP contribution in [0.4, 0.5) is 5.69 Å². The summed E-state index contributed by atoms with van der Waals surface area (Å²) in [5.41, 5.74) is 1.63. The summed E-state index contributed by atoms with van der Waals surface area (Å²) in [7, 11) is -3.45. The van der Waals surface area contributed by atoms with E-state index in [1.807, 2.05) is 12.1 Å². The average molecular weight is 406 g/mol. The topological polar surface area (TPSA) is 64.4 Å². The standard InChI is InChI=1S/C17H16BrN3O2S/c18-15-3-7-17(8-4-15)24(22,23)21-11-9-20(10-12-21)16-5-1-14(13-19)2-6-16/h1-8H,9-12H2. The van der Waals surface area contributed by atoms with Crippen LogP contribution < -0.4 is 4.90 Å². The highest BCUT2D eigenvalue weighted by Crippen LogP contribution is 2.22. The van der Waals surface area contributed by atoms with Crippen LogP contribution in [0.15, 0.2) is 57.9 Å². The maximum Gasteiger partial charge on any atom is 0.243 e. The lowest BCUT2D eigenvalue weighted by Gasteiger charge is -2.35. The third kappa shape index (κ3) is 3.46. The number of piperazine rings is 1. The van der Waals surface area contributed by atoms with Crippen LogP contribution in [0.5, 0.6) is 0 Å². The molecule has 24 heavy (non-hydrogen) atoms. The highest BCUT2D eigenvalue weighted by molar-refractivity contribution is 9.10. The lowest BCUT2D eigenvalue weighted by molar-refractivity contribution is 0.385. The van der Waals surface area contributed by atoms with E-state index in [9.17, 15) is 8.42 Å². The van der Waals surface area contributed by atoms with E-state index < -0.39 is 10.0 Å². The van der Waals surface area contributed by atoms with Gasteiger partial charge in [-0.3, -0.25) is 0 Å². The molecule has 2 aromatic carbocycles. The Balaban J connectivity index is 1.70. The van der Waals surface area contributed by atoms with Crippen LogP contribution in [0.1, 0.15) is 5.56 Å². The second-order valence-electron chi connectivity index (χ2n) is 5.50. The van der Waals surface area contributed by atoms with Crippen molar-refractivity contribution >= 4 is 31.6 Å². The fraction of sp³-hybridized carbons (Fsp3) is 0.235.